The third-order valence-corrected chi connectivity index (χ3v) is 3.31. The van der Waals surface area contributed by atoms with Crippen molar-refractivity contribution in [3.63, 3.8) is 0 Å². The van der Waals surface area contributed by atoms with E-state index in [1.54, 1.807) is 5.48 Å². The summed E-state index contributed by atoms with van der Waals surface area (Å²) in [6.45, 7) is -0.748. The number of rotatable bonds is 5. The van der Waals surface area contributed by atoms with Crippen molar-refractivity contribution in [2.24, 2.45) is 0 Å². The SMILES string of the molecule is O=C(CC(F)(F)F)OC[C@H]1O[C@@H](n2ccc(NO)nc2=O)[C@H](O)[C@@H]1O. The summed E-state index contributed by atoms with van der Waals surface area (Å²) in [5, 5.41) is 28.4. The van der Waals surface area contributed by atoms with Crippen LogP contribution in [0.2, 0.25) is 0 Å². The van der Waals surface area contributed by atoms with Crippen LogP contribution in [0, 0.1) is 0 Å². The number of anilines is 1. The number of nitrogens with zero attached hydrogens (tertiary/aromatic N) is 2. The fourth-order valence-corrected chi connectivity index (χ4v) is 2.16. The molecule has 4 N–H and O–H groups in total. The van der Waals surface area contributed by atoms with Gasteiger partial charge in [-0.25, -0.2) is 4.79 Å². The van der Waals surface area contributed by atoms with Crippen molar-refractivity contribution < 1.29 is 42.9 Å². The minimum absolute atomic E-state index is 0.174. The van der Waals surface area contributed by atoms with E-state index in [9.17, 15) is 33.0 Å². The summed E-state index contributed by atoms with van der Waals surface area (Å²) in [6.07, 6.45) is -11.4. The molecule has 4 atom stereocenters. The zero-order valence-electron chi connectivity index (χ0n) is 12.4. The van der Waals surface area contributed by atoms with Crippen molar-refractivity contribution in [3.8, 4) is 0 Å². The number of alkyl halides is 3. The lowest BCUT2D eigenvalue weighted by Crippen LogP contribution is -2.36. The molecule has 1 aliphatic rings. The van der Waals surface area contributed by atoms with Crippen molar-refractivity contribution in [2.45, 2.75) is 37.1 Å². The highest BCUT2D eigenvalue weighted by molar-refractivity contribution is 5.70. The molecule has 2 rings (SSSR count). The molecule has 0 saturated carbocycles. The summed E-state index contributed by atoms with van der Waals surface area (Å²) in [6, 6.07) is 1.17. The van der Waals surface area contributed by atoms with Crippen LogP contribution in [0.4, 0.5) is 19.0 Å². The van der Waals surface area contributed by atoms with Crippen LogP contribution in [0.25, 0.3) is 0 Å². The third kappa shape index (κ3) is 4.66. The lowest BCUT2D eigenvalue weighted by Gasteiger charge is -2.17. The predicted molar refractivity (Wildman–Crippen MR) is 71.5 cm³/mol. The maximum atomic E-state index is 12.0. The van der Waals surface area contributed by atoms with E-state index in [4.69, 9.17) is 9.94 Å². The second kappa shape index (κ2) is 7.35. The number of halogens is 3. The smallest absolute Gasteiger partial charge is 0.399 e. The van der Waals surface area contributed by atoms with Crippen molar-refractivity contribution in [3.05, 3.63) is 22.7 Å². The minimum atomic E-state index is -4.74. The van der Waals surface area contributed by atoms with Gasteiger partial charge < -0.3 is 19.7 Å². The molecule has 0 amide bonds. The molecule has 0 radical (unpaired) electrons. The number of nitrogens with one attached hydrogen (secondary N) is 1. The number of ether oxygens (including phenoxy) is 2. The summed E-state index contributed by atoms with van der Waals surface area (Å²) in [4.78, 5) is 26.2. The molecule has 0 spiro atoms. The van der Waals surface area contributed by atoms with Gasteiger partial charge in [0.2, 0.25) is 0 Å². The monoisotopic (exact) mass is 369 g/mol. The van der Waals surface area contributed by atoms with Gasteiger partial charge >= 0.3 is 17.8 Å². The lowest BCUT2D eigenvalue weighted by atomic mass is 10.1. The molecule has 1 saturated heterocycles. The van der Waals surface area contributed by atoms with Crippen LogP contribution in [0.1, 0.15) is 12.6 Å². The van der Waals surface area contributed by atoms with Crippen LogP contribution in [0.15, 0.2) is 17.1 Å². The summed E-state index contributed by atoms with van der Waals surface area (Å²) >= 11 is 0. The Morgan fingerprint density at radius 2 is 2.08 bits per heavy atom. The van der Waals surface area contributed by atoms with Gasteiger partial charge in [0.1, 0.15) is 31.3 Å². The molecular formula is C12H14F3N3O7. The topological polar surface area (TPSA) is 143 Å². The third-order valence-electron chi connectivity index (χ3n) is 3.31. The largest absolute Gasteiger partial charge is 0.463 e. The van der Waals surface area contributed by atoms with Crippen molar-refractivity contribution in [2.75, 3.05) is 12.1 Å². The van der Waals surface area contributed by atoms with Gasteiger partial charge in [-0.1, -0.05) is 0 Å². The maximum Gasteiger partial charge on any atom is 0.399 e. The quantitative estimate of drug-likeness (QED) is 0.386. The molecule has 25 heavy (non-hydrogen) atoms. The second-order valence-corrected chi connectivity index (χ2v) is 5.14. The molecule has 10 nitrogen and oxygen atoms in total. The summed E-state index contributed by atoms with van der Waals surface area (Å²) < 4.78 is 46.5. The lowest BCUT2D eigenvalue weighted by molar-refractivity contribution is -0.175. The number of aliphatic hydroxyl groups excluding tert-OH is 2. The molecule has 2 heterocycles. The first-order valence-electron chi connectivity index (χ1n) is 6.85. The Morgan fingerprint density at radius 3 is 2.64 bits per heavy atom. The Hall–Kier alpha value is -2.22. The summed E-state index contributed by atoms with van der Waals surface area (Å²) in [7, 11) is 0. The summed E-state index contributed by atoms with van der Waals surface area (Å²) in [5.74, 6) is -1.75. The molecule has 0 aromatic carbocycles. The number of hydrogen-bond donors (Lipinski definition) is 4. The zero-order valence-corrected chi connectivity index (χ0v) is 12.4. The molecule has 0 bridgehead atoms. The zero-order chi connectivity index (χ0) is 18.8. The average molecular weight is 369 g/mol. The van der Waals surface area contributed by atoms with E-state index in [1.165, 1.54) is 6.07 Å². The number of carbonyl (C=O) groups is 1. The molecule has 0 aliphatic carbocycles. The number of carbonyl (C=O) groups excluding carboxylic acids is 1. The Balaban J connectivity index is 2.03. The highest BCUT2D eigenvalue weighted by atomic mass is 19.4. The number of esters is 1. The first kappa shape index (κ1) is 19.1. The molecule has 1 fully saturated rings. The Kier molecular flexibility index (Phi) is 5.62. The Labute approximate surface area is 137 Å². The second-order valence-electron chi connectivity index (χ2n) is 5.14. The normalized spacial score (nSPS) is 26.5. The van der Waals surface area contributed by atoms with E-state index in [0.717, 1.165) is 10.8 Å². The number of aliphatic hydroxyl groups is 2. The van der Waals surface area contributed by atoms with Gasteiger partial charge in [0.15, 0.2) is 12.0 Å². The molecule has 13 heteroatoms. The van der Waals surface area contributed by atoms with Crippen molar-refractivity contribution >= 4 is 11.8 Å². The number of hydrogen-bond acceptors (Lipinski definition) is 9. The van der Waals surface area contributed by atoms with Gasteiger partial charge in [0, 0.05) is 6.20 Å². The number of aromatic nitrogens is 2. The van der Waals surface area contributed by atoms with E-state index >= 15 is 0 Å². The Bertz CT molecular complexity index is 681. The first-order valence-corrected chi connectivity index (χ1v) is 6.85. The van der Waals surface area contributed by atoms with Gasteiger partial charge in [-0.05, 0) is 6.07 Å². The highest BCUT2D eigenvalue weighted by Crippen LogP contribution is 2.29. The van der Waals surface area contributed by atoms with Gasteiger partial charge in [0.05, 0.1) is 0 Å². The van der Waals surface area contributed by atoms with Crippen LogP contribution < -0.4 is 11.2 Å². The highest BCUT2D eigenvalue weighted by Gasteiger charge is 2.45. The van der Waals surface area contributed by atoms with Gasteiger partial charge in [-0.3, -0.25) is 20.0 Å². The van der Waals surface area contributed by atoms with Crippen LogP contribution >= 0.6 is 0 Å². The van der Waals surface area contributed by atoms with E-state index in [1.807, 2.05) is 0 Å². The van der Waals surface area contributed by atoms with E-state index in [2.05, 4.69) is 9.72 Å². The van der Waals surface area contributed by atoms with E-state index in [0.29, 0.717) is 0 Å². The first-order chi connectivity index (χ1) is 11.6. The fourth-order valence-electron chi connectivity index (χ4n) is 2.16. The van der Waals surface area contributed by atoms with E-state index in [-0.39, 0.29) is 5.82 Å². The van der Waals surface area contributed by atoms with Gasteiger partial charge in [0.25, 0.3) is 0 Å². The predicted octanol–water partition coefficient (Wildman–Crippen LogP) is -0.841. The van der Waals surface area contributed by atoms with Crippen LogP contribution in [-0.4, -0.2) is 62.0 Å². The average Bonchev–Trinajstić information content (AvgIpc) is 2.79. The van der Waals surface area contributed by atoms with Crippen molar-refractivity contribution in [1.82, 2.24) is 9.55 Å². The fraction of sp³-hybridized carbons (Fsp3) is 0.583. The Morgan fingerprint density at radius 1 is 1.40 bits per heavy atom. The standard InChI is InChI=1S/C12H14F3N3O7/c13-12(14,15)3-7(19)24-4-5-8(20)9(21)10(25-5)18-2-1-6(17-23)16-11(18)22/h1-2,5,8-10,20-21,23H,3-4H2,(H,16,17,22)/t5-,8-,9-,10-/m1/s1. The summed E-state index contributed by atoms with van der Waals surface area (Å²) in [5.41, 5.74) is 0.699. The molecule has 1 aromatic rings. The molecule has 1 aliphatic heterocycles. The van der Waals surface area contributed by atoms with Gasteiger partial charge in [-0.15, -0.1) is 0 Å². The molecule has 0 unspecified atom stereocenters. The van der Waals surface area contributed by atoms with Crippen molar-refractivity contribution in [1.29, 1.82) is 0 Å². The molecule has 140 valence electrons. The molecule has 1 aromatic heterocycles. The van der Waals surface area contributed by atoms with E-state index < -0.39 is 55.4 Å². The molecular weight excluding hydrogens is 355 g/mol. The maximum absolute atomic E-state index is 12.0. The minimum Gasteiger partial charge on any atom is -0.463 e. The van der Waals surface area contributed by atoms with Crippen LogP contribution in [0.3, 0.4) is 0 Å². The van der Waals surface area contributed by atoms with Gasteiger partial charge in [-0.2, -0.15) is 18.2 Å². The van der Waals surface area contributed by atoms with Crippen LogP contribution in [-0.2, 0) is 14.3 Å². The van der Waals surface area contributed by atoms with Crippen LogP contribution in [0.5, 0.6) is 0 Å².